The summed E-state index contributed by atoms with van der Waals surface area (Å²) in [5, 5.41) is 17.2. The molecular weight excluding hydrogens is 198 g/mol. The first-order valence-electron chi connectivity index (χ1n) is 4.87. The van der Waals surface area contributed by atoms with Crippen molar-refractivity contribution < 1.29 is 19.7 Å². The molecule has 1 rings (SSSR count). The quantitative estimate of drug-likeness (QED) is 0.520. The van der Waals surface area contributed by atoms with Crippen LogP contribution in [0, 0.1) is 0 Å². The van der Waals surface area contributed by atoms with Gasteiger partial charge in [-0.25, -0.2) is 0 Å². The number of rotatable bonds is 6. The van der Waals surface area contributed by atoms with Crippen LogP contribution in [-0.2, 0) is 9.47 Å². The van der Waals surface area contributed by atoms with E-state index in [0.717, 1.165) is 0 Å². The Balaban J connectivity index is 2.53. The van der Waals surface area contributed by atoms with Crippen LogP contribution < -0.4 is 5.73 Å². The van der Waals surface area contributed by atoms with E-state index in [1.807, 2.05) is 6.08 Å². The minimum atomic E-state index is -0.914. The standard InChI is InChI=1S/C10H17NO4/c11-10(15-7-5-13)3-1-2-9(8-10)14-6-4-12/h1-2,8,12-13H,3-7,11H2. The molecule has 5 nitrogen and oxygen atoms in total. The van der Waals surface area contributed by atoms with Crippen molar-refractivity contribution in [3.8, 4) is 0 Å². The zero-order valence-electron chi connectivity index (χ0n) is 8.56. The molecule has 0 saturated heterocycles. The monoisotopic (exact) mass is 215 g/mol. The fourth-order valence-corrected chi connectivity index (χ4v) is 1.30. The number of aliphatic hydroxyl groups excluding tert-OH is 2. The van der Waals surface area contributed by atoms with E-state index in [1.165, 1.54) is 0 Å². The average molecular weight is 215 g/mol. The van der Waals surface area contributed by atoms with Crippen molar-refractivity contribution in [1.29, 1.82) is 0 Å². The second-order valence-electron chi connectivity index (χ2n) is 3.25. The molecular formula is C10H17NO4. The first-order chi connectivity index (χ1) is 7.20. The van der Waals surface area contributed by atoms with E-state index in [2.05, 4.69) is 0 Å². The maximum atomic E-state index is 8.64. The van der Waals surface area contributed by atoms with Gasteiger partial charge in [-0.1, -0.05) is 6.08 Å². The van der Waals surface area contributed by atoms with Crippen LogP contribution in [0.25, 0.3) is 0 Å². The number of ether oxygens (including phenoxy) is 2. The molecule has 1 aliphatic rings. The Labute approximate surface area is 88.8 Å². The number of allylic oxidation sites excluding steroid dienone is 1. The molecule has 0 amide bonds. The van der Waals surface area contributed by atoms with Crippen LogP contribution in [0.4, 0.5) is 0 Å². The first-order valence-corrected chi connectivity index (χ1v) is 4.87. The van der Waals surface area contributed by atoms with Crippen molar-refractivity contribution in [2.24, 2.45) is 5.73 Å². The van der Waals surface area contributed by atoms with Gasteiger partial charge in [-0.2, -0.15) is 0 Å². The molecule has 15 heavy (non-hydrogen) atoms. The summed E-state index contributed by atoms with van der Waals surface area (Å²) >= 11 is 0. The summed E-state index contributed by atoms with van der Waals surface area (Å²) in [6.07, 6.45) is 5.81. The molecule has 0 heterocycles. The minimum Gasteiger partial charge on any atom is -0.491 e. The molecule has 1 aliphatic carbocycles. The normalized spacial score (nSPS) is 25.1. The zero-order chi connectivity index (χ0) is 11.1. The summed E-state index contributed by atoms with van der Waals surface area (Å²) in [4.78, 5) is 0. The maximum Gasteiger partial charge on any atom is 0.143 e. The zero-order valence-corrected chi connectivity index (χ0v) is 8.56. The molecule has 0 bridgehead atoms. The highest BCUT2D eigenvalue weighted by Gasteiger charge is 2.25. The third-order valence-electron chi connectivity index (χ3n) is 1.93. The topological polar surface area (TPSA) is 84.9 Å². The van der Waals surface area contributed by atoms with Crippen LogP contribution >= 0.6 is 0 Å². The Morgan fingerprint density at radius 1 is 1.33 bits per heavy atom. The van der Waals surface area contributed by atoms with Crippen molar-refractivity contribution in [3.63, 3.8) is 0 Å². The summed E-state index contributed by atoms with van der Waals surface area (Å²) in [7, 11) is 0. The number of hydrogen-bond donors (Lipinski definition) is 3. The molecule has 5 heteroatoms. The van der Waals surface area contributed by atoms with Gasteiger partial charge in [-0.05, 0) is 6.08 Å². The Morgan fingerprint density at radius 3 is 2.73 bits per heavy atom. The summed E-state index contributed by atoms with van der Waals surface area (Å²) in [6, 6.07) is 0. The molecule has 0 radical (unpaired) electrons. The van der Waals surface area contributed by atoms with Crippen LogP contribution in [0.2, 0.25) is 0 Å². The van der Waals surface area contributed by atoms with Crippen molar-refractivity contribution in [3.05, 3.63) is 24.0 Å². The summed E-state index contributed by atoms with van der Waals surface area (Å²) in [5.74, 6) is 0.579. The van der Waals surface area contributed by atoms with Gasteiger partial charge < -0.3 is 19.7 Å². The lowest BCUT2D eigenvalue weighted by atomic mass is 10.0. The number of aliphatic hydroxyl groups is 2. The summed E-state index contributed by atoms with van der Waals surface area (Å²) in [6.45, 7) is 0.309. The van der Waals surface area contributed by atoms with Gasteiger partial charge in [0.25, 0.3) is 0 Å². The Morgan fingerprint density at radius 2 is 2.07 bits per heavy atom. The second-order valence-corrected chi connectivity index (χ2v) is 3.25. The van der Waals surface area contributed by atoms with Crippen molar-refractivity contribution >= 4 is 0 Å². The van der Waals surface area contributed by atoms with Gasteiger partial charge in [0.1, 0.15) is 18.1 Å². The third-order valence-corrected chi connectivity index (χ3v) is 1.93. The fraction of sp³-hybridized carbons (Fsp3) is 0.600. The highest BCUT2D eigenvalue weighted by atomic mass is 16.5. The van der Waals surface area contributed by atoms with Crippen LogP contribution in [0.5, 0.6) is 0 Å². The average Bonchev–Trinajstić information content (AvgIpc) is 2.24. The van der Waals surface area contributed by atoms with Gasteiger partial charge in [0, 0.05) is 12.5 Å². The lowest BCUT2D eigenvalue weighted by molar-refractivity contribution is -0.0228. The Bertz CT molecular complexity index is 252. The van der Waals surface area contributed by atoms with E-state index in [1.54, 1.807) is 12.2 Å². The van der Waals surface area contributed by atoms with E-state index in [-0.39, 0.29) is 26.4 Å². The molecule has 0 saturated carbocycles. The van der Waals surface area contributed by atoms with E-state index in [0.29, 0.717) is 12.2 Å². The molecule has 4 N–H and O–H groups in total. The van der Waals surface area contributed by atoms with Gasteiger partial charge in [-0.3, -0.25) is 5.73 Å². The molecule has 0 aromatic rings. The molecule has 86 valence electrons. The molecule has 0 aromatic heterocycles. The smallest absolute Gasteiger partial charge is 0.143 e. The van der Waals surface area contributed by atoms with Gasteiger partial charge in [0.05, 0.1) is 19.8 Å². The second kappa shape index (κ2) is 5.87. The van der Waals surface area contributed by atoms with E-state index in [9.17, 15) is 0 Å². The largest absolute Gasteiger partial charge is 0.491 e. The predicted octanol–water partition coefficient (Wildman–Crippen LogP) is -0.497. The highest BCUT2D eigenvalue weighted by molar-refractivity contribution is 5.23. The first kappa shape index (κ1) is 12.2. The van der Waals surface area contributed by atoms with E-state index >= 15 is 0 Å². The van der Waals surface area contributed by atoms with Gasteiger partial charge >= 0.3 is 0 Å². The van der Waals surface area contributed by atoms with E-state index < -0.39 is 5.72 Å². The van der Waals surface area contributed by atoms with Crippen LogP contribution in [-0.4, -0.2) is 42.4 Å². The summed E-state index contributed by atoms with van der Waals surface area (Å²) in [5.41, 5.74) is 4.99. The Hall–Kier alpha value is -0.880. The molecule has 1 unspecified atom stereocenters. The molecule has 0 spiro atoms. The third kappa shape index (κ3) is 4.01. The molecule has 1 atom stereocenters. The Kier molecular flexibility index (Phi) is 4.77. The predicted molar refractivity (Wildman–Crippen MR) is 54.8 cm³/mol. The van der Waals surface area contributed by atoms with Crippen molar-refractivity contribution in [2.45, 2.75) is 12.1 Å². The fourth-order valence-electron chi connectivity index (χ4n) is 1.30. The van der Waals surface area contributed by atoms with Gasteiger partial charge in [0.2, 0.25) is 0 Å². The van der Waals surface area contributed by atoms with Gasteiger partial charge in [0.15, 0.2) is 0 Å². The van der Waals surface area contributed by atoms with Gasteiger partial charge in [-0.15, -0.1) is 0 Å². The minimum absolute atomic E-state index is 0.0414. The lowest BCUT2D eigenvalue weighted by Gasteiger charge is -2.28. The number of nitrogens with two attached hydrogens (primary N) is 1. The van der Waals surface area contributed by atoms with Crippen LogP contribution in [0.3, 0.4) is 0 Å². The molecule has 0 aromatic carbocycles. The lowest BCUT2D eigenvalue weighted by Crippen LogP contribution is -2.42. The number of hydrogen-bond acceptors (Lipinski definition) is 5. The molecule has 0 fully saturated rings. The van der Waals surface area contributed by atoms with Crippen LogP contribution in [0.1, 0.15) is 6.42 Å². The molecule has 0 aliphatic heterocycles. The van der Waals surface area contributed by atoms with Crippen molar-refractivity contribution in [2.75, 3.05) is 26.4 Å². The van der Waals surface area contributed by atoms with E-state index in [4.69, 9.17) is 25.4 Å². The summed E-state index contributed by atoms with van der Waals surface area (Å²) < 4.78 is 10.5. The highest BCUT2D eigenvalue weighted by Crippen LogP contribution is 2.20. The maximum absolute atomic E-state index is 8.64. The SMILES string of the molecule is NC1(OCCO)C=C(OCCO)C=CC1. The van der Waals surface area contributed by atoms with Crippen molar-refractivity contribution in [1.82, 2.24) is 0 Å². The van der Waals surface area contributed by atoms with Crippen LogP contribution in [0.15, 0.2) is 24.0 Å².